The van der Waals surface area contributed by atoms with Gasteiger partial charge in [-0.25, -0.2) is 0 Å². The predicted octanol–water partition coefficient (Wildman–Crippen LogP) is 2.84. The van der Waals surface area contributed by atoms with Crippen LogP contribution in [-0.4, -0.2) is 29.2 Å². The summed E-state index contributed by atoms with van der Waals surface area (Å²) in [6, 6.07) is 0. The molecule has 3 nitrogen and oxygen atoms in total. The van der Waals surface area contributed by atoms with Gasteiger partial charge in [-0.3, -0.25) is 4.79 Å². The van der Waals surface area contributed by atoms with E-state index >= 15 is 0 Å². The third-order valence-corrected chi connectivity index (χ3v) is 3.52. The Balaban J connectivity index is 2.33. The summed E-state index contributed by atoms with van der Waals surface area (Å²) in [4.78, 5) is 11.4. The van der Waals surface area contributed by atoms with Gasteiger partial charge in [-0.2, -0.15) is 0 Å². The van der Waals surface area contributed by atoms with Crippen LogP contribution in [0, 0.1) is 0 Å². The largest absolute Gasteiger partial charge is 0.390 e. The minimum absolute atomic E-state index is 0.0393. The number of aliphatic hydroxyl groups is 1. The molecule has 0 bridgehead atoms. The Kier molecular flexibility index (Phi) is 6.75. The summed E-state index contributed by atoms with van der Waals surface area (Å²) < 4.78 is 5.85. The topological polar surface area (TPSA) is 46.5 Å². The zero-order chi connectivity index (χ0) is 12.7. The lowest BCUT2D eigenvalue weighted by atomic mass is 9.94. The Bertz CT molecular complexity index is 228. The Labute approximate surface area is 105 Å². The molecule has 1 fully saturated rings. The highest BCUT2D eigenvalue weighted by atomic mass is 16.5. The van der Waals surface area contributed by atoms with Gasteiger partial charge >= 0.3 is 0 Å². The first-order valence-electron chi connectivity index (χ1n) is 7.02. The van der Waals surface area contributed by atoms with Crippen molar-refractivity contribution in [3.8, 4) is 0 Å². The predicted molar refractivity (Wildman–Crippen MR) is 68.0 cm³/mol. The average Bonchev–Trinajstić information content (AvgIpc) is 2.33. The maximum Gasteiger partial charge on any atom is 0.135 e. The molecule has 0 spiro atoms. The molecule has 1 aliphatic heterocycles. The van der Waals surface area contributed by atoms with Crippen molar-refractivity contribution in [1.29, 1.82) is 0 Å². The highest BCUT2D eigenvalue weighted by molar-refractivity contribution is 5.78. The monoisotopic (exact) mass is 242 g/mol. The molecular formula is C14H26O3. The fraction of sp³-hybridized carbons (Fsp3) is 0.929. The first kappa shape index (κ1) is 14.7. The van der Waals surface area contributed by atoms with Gasteiger partial charge in [-0.05, 0) is 19.3 Å². The molecule has 1 aliphatic rings. The highest BCUT2D eigenvalue weighted by Crippen LogP contribution is 2.25. The molecule has 0 aliphatic carbocycles. The van der Waals surface area contributed by atoms with Crippen molar-refractivity contribution in [3.05, 3.63) is 0 Å². The standard InChI is InChI=1S/C14H26O3/c1-3-5-6-7-14-13(16)9-8-12(17-14)10-11(15)4-2/h12-14,16H,3-10H2,1-2H3/t12-,13+,14+/m1/s1. The molecule has 0 radical (unpaired) electrons. The van der Waals surface area contributed by atoms with Gasteiger partial charge < -0.3 is 9.84 Å². The number of ketones is 1. The molecule has 1 saturated heterocycles. The van der Waals surface area contributed by atoms with E-state index in [9.17, 15) is 9.90 Å². The first-order valence-corrected chi connectivity index (χ1v) is 7.02. The molecule has 0 aromatic carbocycles. The van der Waals surface area contributed by atoms with Crippen LogP contribution >= 0.6 is 0 Å². The van der Waals surface area contributed by atoms with Gasteiger partial charge in [0.1, 0.15) is 5.78 Å². The Morgan fingerprint density at radius 2 is 2.06 bits per heavy atom. The number of aliphatic hydroxyl groups excluding tert-OH is 1. The fourth-order valence-electron chi connectivity index (χ4n) is 2.35. The lowest BCUT2D eigenvalue weighted by Crippen LogP contribution is -2.39. The zero-order valence-corrected chi connectivity index (χ0v) is 11.2. The zero-order valence-electron chi connectivity index (χ0n) is 11.2. The van der Waals surface area contributed by atoms with E-state index in [4.69, 9.17) is 4.74 Å². The normalized spacial score (nSPS) is 29.2. The van der Waals surface area contributed by atoms with Crippen molar-refractivity contribution in [1.82, 2.24) is 0 Å². The quantitative estimate of drug-likeness (QED) is 0.698. The van der Waals surface area contributed by atoms with Crippen LogP contribution in [-0.2, 0) is 9.53 Å². The average molecular weight is 242 g/mol. The molecule has 0 amide bonds. The van der Waals surface area contributed by atoms with Gasteiger partial charge in [-0.15, -0.1) is 0 Å². The van der Waals surface area contributed by atoms with Crippen molar-refractivity contribution in [2.75, 3.05) is 0 Å². The molecule has 0 unspecified atom stereocenters. The van der Waals surface area contributed by atoms with Crippen molar-refractivity contribution in [2.24, 2.45) is 0 Å². The van der Waals surface area contributed by atoms with Gasteiger partial charge in [-0.1, -0.05) is 33.1 Å². The van der Waals surface area contributed by atoms with E-state index in [1.54, 1.807) is 0 Å². The van der Waals surface area contributed by atoms with Crippen LogP contribution in [0.3, 0.4) is 0 Å². The van der Waals surface area contributed by atoms with E-state index in [0.29, 0.717) is 12.8 Å². The Morgan fingerprint density at radius 3 is 2.71 bits per heavy atom. The number of hydrogen-bond donors (Lipinski definition) is 1. The summed E-state index contributed by atoms with van der Waals surface area (Å²) in [7, 11) is 0. The lowest BCUT2D eigenvalue weighted by molar-refractivity contribution is -0.137. The summed E-state index contributed by atoms with van der Waals surface area (Å²) in [5.41, 5.74) is 0. The van der Waals surface area contributed by atoms with Gasteiger partial charge in [0.05, 0.1) is 18.3 Å². The molecule has 1 rings (SSSR count). The van der Waals surface area contributed by atoms with Crippen LogP contribution in [0.4, 0.5) is 0 Å². The SMILES string of the molecule is CCCCC[C@@H]1O[C@@H](CC(=O)CC)CC[C@@H]1O. The third-order valence-electron chi connectivity index (χ3n) is 3.52. The van der Waals surface area contributed by atoms with Crippen LogP contribution in [0.25, 0.3) is 0 Å². The minimum atomic E-state index is -0.333. The molecule has 1 N–H and O–H groups in total. The summed E-state index contributed by atoms with van der Waals surface area (Å²) in [6.45, 7) is 4.06. The smallest absolute Gasteiger partial charge is 0.135 e. The Morgan fingerprint density at radius 1 is 1.29 bits per heavy atom. The van der Waals surface area contributed by atoms with Gasteiger partial charge in [0.25, 0.3) is 0 Å². The number of ether oxygens (including phenoxy) is 1. The molecule has 0 aromatic heterocycles. The minimum Gasteiger partial charge on any atom is -0.390 e. The lowest BCUT2D eigenvalue weighted by Gasteiger charge is -2.33. The Hall–Kier alpha value is -0.410. The molecular weight excluding hydrogens is 216 g/mol. The number of unbranched alkanes of at least 4 members (excludes halogenated alkanes) is 2. The fourth-order valence-corrected chi connectivity index (χ4v) is 2.35. The summed E-state index contributed by atoms with van der Waals surface area (Å²) in [6.07, 6.45) is 6.75. The van der Waals surface area contributed by atoms with Crippen LogP contribution < -0.4 is 0 Å². The number of carbonyl (C=O) groups is 1. The van der Waals surface area contributed by atoms with Crippen LogP contribution in [0.2, 0.25) is 0 Å². The van der Waals surface area contributed by atoms with Crippen molar-refractivity contribution in [2.45, 2.75) is 83.5 Å². The van der Waals surface area contributed by atoms with Gasteiger partial charge in [0, 0.05) is 12.8 Å². The van der Waals surface area contributed by atoms with E-state index in [0.717, 1.165) is 25.7 Å². The number of Topliss-reactive ketones (excluding diaryl/α,β-unsaturated/α-hetero) is 1. The second kappa shape index (κ2) is 7.83. The van der Waals surface area contributed by atoms with Crippen LogP contribution in [0.15, 0.2) is 0 Å². The van der Waals surface area contributed by atoms with E-state index in [2.05, 4.69) is 6.92 Å². The molecule has 3 atom stereocenters. The van der Waals surface area contributed by atoms with Crippen LogP contribution in [0.1, 0.15) is 65.2 Å². The summed E-state index contributed by atoms with van der Waals surface area (Å²) in [5, 5.41) is 9.87. The first-order chi connectivity index (χ1) is 8.17. The molecule has 0 aromatic rings. The van der Waals surface area contributed by atoms with Crippen LogP contribution in [0.5, 0.6) is 0 Å². The maximum atomic E-state index is 11.4. The molecule has 3 heteroatoms. The molecule has 17 heavy (non-hydrogen) atoms. The number of rotatable bonds is 7. The second-order valence-electron chi connectivity index (χ2n) is 5.03. The molecule has 100 valence electrons. The highest BCUT2D eigenvalue weighted by Gasteiger charge is 2.30. The molecule has 1 heterocycles. The van der Waals surface area contributed by atoms with Crippen molar-refractivity contribution in [3.63, 3.8) is 0 Å². The van der Waals surface area contributed by atoms with E-state index in [1.165, 1.54) is 12.8 Å². The van der Waals surface area contributed by atoms with E-state index < -0.39 is 0 Å². The number of hydrogen-bond acceptors (Lipinski definition) is 3. The van der Waals surface area contributed by atoms with E-state index in [1.807, 2.05) is 6.92 Å². The summed E-state index contributed by atoms with van der Waals surface area (Å²) in [5.74, 6) is 0.263. The van der Waals surface area contributed by atoms with Gasteiger partial charge in [0.2, 0.25) is 0 Å². The number of carbonyl (C=O) groups excluding carboxylic acids is 1. The molecule has 0 saturated carbocycles. The maximum absolute atomic E-state index is 11.4. The second-order valence-corrected chi connectivity index (χ2v) is 5.03. The third kappa shape index (κ3) is 5.17. The van der Waals surface area contributed by atoms with Crippen molar-refractivity contribution < 1.29 is 14.6 Å². The van der Waals surface area contributed by atoms with Crippen molar-refractivity contribution >= 4 is 5.78 Å². The van der Waals surface area contributed by atoms with E-state index in [-0.39, 0.29) is 24.1 Å². The van der Waals surface area contributed by atoms with Gasteiger partial charge in [0.15, 0.2) is 0 Å². The summed E-state index contributed by atoms with van der Waals surface area (Å²) >= 11 is 0.